The molecule has 0 spiro atoms. The predicted octanol–water partition coefficient (Wildman–Crippen LogP) is 3.56. The summed E-state index contributed by atoms with van der Waals surface area (Å²) in [6, 6.07) is 5.20. The highest BCUT2D eigenvalue weighted by molar-refractivity contribution is 6.31. The van der Waals surface area contributed by atoms with Gasteiger partial charge in [-0.1, -0.05) is 18.5 Å². The van der Waals surface area contributed by atoms with Crippen LogP contribution in [0.4, 0.5) is 0 Å². The second-order valence-corrected chi connectivity index (χ2v) is 5.99. The molecule has 2 unspecified atom stereocenters. The van der Waals surface area contributed by atoms with Crippen LogP contribution in [0, 0.1) is 11.8 Å². The van der Waals surface area contributed by atoms with E-state index in [0.717, 1.165) is 13.1 Å². The quantitative estimate of drug-likeness (QED) is 0.844. The van der Waals surface area contributed by atoms with Crippen molar-refractivity contribution in [1.82, 2.24) is 5.32 Å². The number of ketones is 1. The summed E-state index contributed by atoms with van der Waals surface area (Å²) >= 11 is 5.99. The molecule has 0 aliphatic carbocycles. The second kappa shape index (κ2) is 7.09. The van der Waals surface area contributed by atoms with Gasteiger partial charge < -0.3 is 10.1 Å². The Morgan fingerprint density at radius 1 is 1.55 bits per heavy atom. The van der Waals surface area contributed by atoms with Gasteiger partial charge in [0.15, 0.2) is 5.78 Å². The molecular weight excluding hydrogens is 274 g/mol. The van der Waals surface area contributed by atoms with Crippen LogP contribution in [0.3, 0.4) is 0 Å². The molecule has 0 aromatic heterocycles. The first kappa shape index (κ1) is 15.3. The summed E-state index contributed by atoms with van der Waals surface area (Å²) in [5.41, 5.74) is 0.593. The molecule has 0 amide bonds. The highest BCUT2D eigenvalue weighted by Crippen LogP contribution is 2.28. The molecule has 4 heteroatoms. The van der Waals surface area contributed by atoms with Gasteiger partial charge in [0, 0.05) is 11.4 Å². The minimum absolute atomic E-state index is 0.113. The maximum atomic E-state index is 12.5. The molecule has 0 radical (unpaired) electrons. The average Bonchev–Trinajstić information content (AvgIpc) is 2.48. The van der Waals surface area contributed by atoms with E-state index < -0.39 is 0 Å². The maximum Gasteiger partial charge on any atom is 0.166 e. The summed E-state index contributed by atoms with van der Waals surface area (Å²) in [6.45, 7) is 4.27. The number of Topliss-reactive ketones (excluding diaryl/α,β-unsaturated/α-hetero) is 1. The molecule has 2 atom stereocenters. The van der Waals surface area contributed by atoms with Crippen LogP contribution in [0.1, 0.15) is 36.5 Å². The van der Waals surface area contributed by atoms with Gasteiger partial charge in [-0.3, -0.25) is 4.79 Å². The van der Waals surface area contributed by atoms with Crippen LogP contribution in [-0.4, -0.2) is 26.0 Å². The van der Waals surface area contributed by atoms with Gasteiger partial charge in [0.25, 0.3) is 0 Å². The van der Waals surface area contributed by atoms with Crippen molar-refractivity contribution in [2.45, 2.75) is 26.2 Å². The largest absolute Gasteiger partial charge is 0.496 e. The number of carbonyl (C=O) groups excluding carboxylic acids is 1. The first-order valence-electron chi connectivity index (χ1n) is 7.19. The highest BCUT2D eigenvalue weighted by Gasteiger charge is 2.23. The number of nitrogens with one attached hydrogen (secondary N) is 1. The first-order chi connectivity index (χ1) is 9.61. The Hall–Kier alpha value is -1.06. The number of piperidine rings is 1. The minimum atomic E-state index is 0.113. The van der Waals surface area contributed by atoms with Crippen LogP contribution < -0.4 is 10.1 Å². The number of benzene rings is 1. The van der Waals surface area contributed by atoms with Gasteiger partial charge in [-0.15, -0.1) is 0 Å². The molecule has 1 N–H and O–H groups in total. The number of rotatable bonds is 5. The van der Waals surface area contributed by atoms with Crippen molar-refractivity contribution in [3.05, 3.63) is 28.8 Å². The van der Waals surface area contributed by atoms with Crippen molar-refractivity contribution in [1.29, 1.82) is 0 Å². The van der Waals surface area contributed by atoms with Crippen molar-refractivity contribution >= 4 is 17.4 Å². The lowest BCUT2D eigenvalue weighted by Crippen LogP contribution is -2.34. The van der Waals surface area contributed by atoms with Crippen LogP contribution in [0.25, 0.3) is 0 Å². The van der Waals surface area contributed by atoms with E-state index in [0.29, 0.717) is 34.6 Å². The monoisotopic (exact) mass is 295 g/mol. The van der Waals surface area contributed by atoms with Crippen molar-refractivity contribution in [2.24, 2.45) is 11.8 Å². The molecule has 1 saturated heterocycles. The molecule has 1 fully saturated rings. The maximum absolute atomic E-state index is 12.5. The van der Waals surface area contributed by atoms with E-state index in [-0.39, 0.29) is 5.78 Å². The Labute approximate surface area is 125 Å². The Bertz CT molecular complexity index is 470. The third kappa shape index (κ3) is 3.74. The molecule has 3 nitrogen and oxygen atoms in total. The van der Waals surface area contributed by atoms with E-state index in [1.165, 1.54) is 12.8 Å². The zero-order valence-corrected chi connectivity index (χ0v) is 12.9. The molecular formula is C16H22ClNO2. The fraction of sp³-hybridized carbons (Fsp3) is 0.562. The molecule has 1 aromatic carbocycles. The SMILES string of the molecule is COc1ccc(Cl)cc1C(=O)CC(C)C1CCCNC1. The number of hydrogen-bond donors (Lipinski definition) is 1. The summed E-state index contributed by atoms with van der Waals surface area (Å²) in [6.07, 6.45) is 2.95. The van der Waals surface area contributed by atoms with Crippen LogP contribution in [0.5, 0.6) is 5.75 Å². The van der Waals surface area contributed by atoms with E-state index in [9.17, 15) is 4.79 Å². The smallest absolute Gasteiger partial charge is 0.166 e. The summed E-state index contributed by atoms with van der Waals surface area (Å²) in [5, 5.41) is 3.97. The zero-order chi connectivity index (χ0) is 14.5. The number of methoxy groups -OCH3 is 1. The van der Waals surface area contributed by atoms with Gasteiger partial charge >= 0.3 is 0 Å². The van der Waals surface area contributed by atoms with E-state index >= 15 is 0 Å². The van der Waals surface area contributed by atoms with Gasteiger partial charge in [-0.2, -0.15) is 0 Å². The lowest BCUT2D eigenvalue weighted by atomic mass is 9.83. The van der Waals surface area contributed by atoms with E-state index in [1.807, 2.05) is 0 Å². The van der Waals surface area contributed by atoms with E-state index in [1.54, 1.807) is 25.3 Å². The third-order valence-electron chi connectivity index (χ3n) is 4.11. The lowest BCUT2D eigenvalue weighted by molar-refractivity contribution is 0.0940. The van der Waals surface area contributed by atoms with Crippen LogP contribution in [0.2, 0.25) is 5.02 Å². The zero-order valence-electron chi connectivity index (χ0n) is 12.1. The van der Waals surface area contributed by atoms with Gasteiger partial charge in [0.1, 0.15) is 5.75 Å². The fourth-order valence-electron chi connectivity index (χ4n) is 2.83. The molecule has 1 aromatic rings. The van der Waals surface area contributed by atoms with Crippen molar-refractivity contribution in [2.75, 3.05) is 20.2 Å². The van der Waals surface area contributed by atoms with E-state index in [2.05, 4.69) is 12.2 Å². The van der Waals surface area contributed by atoms with Gasteiger partial charge in [-0.05, 0) is 56.0 Å². The summed E-state index contributed by atoms with van der Waals surface area (Å²) in [4.78, 5) is 12.5. The Morgan fingerprint density at radius 2 is 2.35 bits per heavy atom. The highest BCUT2D eigenvalue weighted by atomic mass is 35.5. The molecule has 1 aliphatic heterocycles. The summed E-state index contributed by atoms with van der Waals surface area (Å²) < 4.78 is 5.26. The molecule has 1 heterocycles. The molecule has 0 bridgehead atoms. The number of hydrogen-bond acceptors (Lipinski definition) is 3. The normalized spacial score (nSPS) is 20.4. The van der Waals surface area contributed by atoms with Crippen LogP contribution in [-0.2, 0) is 0 Å². The topological polar surface area (TPSA) is 38.3 Å². The number of carbonyl (C=O) groups is 1. The first-order valence-corrected chi connectivity index (χ1v) is 7.57. The number of halogens is 1. The fourth-order valence-corrected chi connectivity index (χ4v) is 3.00. The van der Waals surface area contributed by atoms with E-state index in [4.69, 9.17) is 16.3 Å². The lowest BCUT2D eigenvalue weighted by Gasteiger charge is -2.28. The van der Waals surface area contributed by atoms with Crippen molar-refractivity contribution in [3.8, 4) is 5.75 Å². The minimum Gasteiger partial charge on any atom is -0.496 e. The Morgan fingerprint density at radius 3 is 3.00 bits per heavy atom. The average molecular weight is 296 g/mol. The Balaban J connectivity index is 2.05. The molecule has 20 heavy (non-hydrogen) atoms. The second-order valence-electron chi connectivity index (χ2n) is 5.56. The van der Waals surface area contributed by atoms with Gasteiger partial charge in [-0.25, -0.2) is 0 Å². The van der Waals surface area contributed by atoms with Crippen LogP contribution in [0.15, 0.2) is 18.2 Å². The molecule has 2 rings (SSSR count). The van der Waals surface area contributed by atoms with Crippen molar-refractivity contribution in [3.63, 3.8) is 0 Å². The van der Waals surface area contributed by atoms with Crippen molar-refractivity contribution < 1.29 is 9.53 Å². The summed E-state index contributed by atoms with van der Waals surface area (Å²) in [5.74, 6) is 1.67. The summed E-state index contributed by atoms with van der Waals surface area (Å²) in [7, 11) is 1.58. The van der Waals surface area contributed by atoms with Gasteiger partial charge in [0.2, 0.25) is 0 Å². The van der Waals surface area contributed by atoms with Crippen LogP contribution >= 0.6 is 11.6 Å². The van der Waals surface area contributed by atoms with Gasteiger partial charge in [0.05, 0.1) is 12.7 Å². The predicted molar refractivity (Wildman–Crippen MR) is 81.7 cm³/mol. The molecule has 0 saturated carbocycles. The number of ether oxygens (including phenoxy) is 1. The Kier molecular flexibility index (Phi) is 5.44. The molecule has 110 valence electrons. The third-order valence-corrected chi connectivity index (χ3v) is 4.34. The standard InChI is InChI=1S/C16H22ClNO2/c1-11(12-4-3-7-18-10-12)8-15(19)14-9-13(17)5-6-16(14)20-2/h5-6,9,11-12,18H,3-4,7-8,10H2,1-2H3. The molecule has 1 aliphatic rings.